The maximum Gasteiger partial charge on any atom is 0.304 e. The monoisotopic (exact) mass is 489 g/mol. The average molecular weight is 490 g/mol. The minimum atomic E-state index is -1.02. The molecule has 0 aliphatic rings. The Morgan fingerprint density at radius 1 is 0.765 bits per heavy atom. The summed E-state index contributed by atoms with van der Waals surface area (Å²) in [6.07, 6.45) is -0.219. The maximum atomic E-state index is 12.1. The second-order valence-electron chi connectivity index (χ2n) is 7.61. The zero-order valence-electron chi connectivity index (χ0n) is 20.3. The zero-order valence-corrected chi connectivity index (χ0v) is 20.3. The van der Waals surface area contributed by atoms with Crippen LogP contribution in [0.15, 0.2) is 0 Å². The van der Waals surface area contributed by atoms with Crippen molar-refractivity contribution in [3.63, 3.8) is 0 Å². The van der Waals surface area contributed by atoms with E-state index < -0.39 is 11.9 Å². The molecular weight excluding hydrogens is 450 g/mol. The van der Waals surface area contributed by atoms with E-state index in [9.17, 15) is 24.0 Å². The summed E-state index contributed by atoms with van der Waals surface area (Å²) in [4.78, 5) is 58.2. The molecule has 0 heterocycles. The van der Waals surface area contributed by atoms with Gasteiger partial charge in [-0.05, 0) is 0 Å². The van der Waals surface area contributed by atoms with Gasteiger partial charge in [-0.2, -0.15) is 0 Å². The summed E-state index contributed by atoms with van der Waals surface area (Å²) in [7, 11) is 0. The molecule has 5 N–H and O–H groups in total. The van der Waals surface area contributed by atoms with Gasteiger partial charge in [0.05, 0.1) is 39.4 Å². The minimum absolute atomic E-state index is 0.124. The van der Waals surface area contributed by atoms with Crippen LogP contribution in [0, 0.1) is 5.92 Å². The molecule has 0 aromatic heterocycles. The highest BCUT2D eigenvalue weighted by Gasteiger charge is 2.15. The van der Waals surface area contributed by atoms with Gasteiger partial charge in [-0.1, -0.05) is 6.92 Å². The van der Waals surface area contributed by atoms with E-state index in [2.05, 4.69) is 21.3 Å². The molecule has 0 radical (unpaired) electrons. The number of nitrogens with one attached hydrogen (secondary N) is 4. The molecule has 0 spiro atoms. The predicted molar refractivity (Wildman–Crippen MR) is 123 cm³/mol. The molecule has 0 aromatic rings. The molecule has 0 aliphatic heterocycles. The molecule has 0 saturated carbocycles. The van der Waals surface area contributed by atoms with E-state index in [0.29, 0.717) is 52.5 Å². The first kappa shape index (κ1) is 31.2. The van der Waals surface area contributed by atoms with Gasteiger partial charge in [-0.15, -0.1) is 0 Å². The highest BCUT2D eigenvalue weighted by molar-refractivity contribution is 5.82. The van der Waals surface area contributed by atoms with Gasteiger partial charge < -0.3 is 35.8 Å². The summed E-state index contributed by atoms with van der Waals surface area (Å²) in [5.74, 6) is -2.45. The third-order valence-electron chi connectivity index (χ3n) is 4.39. The SMILES string of the molecule is CC(=O)NCCN(CCNC(C)=O)CC(=O)NCCOCCOCCNC(=O)[C@@H](C)CC(=O)O. The predicted octanol–water partition coefficient (Wildman–Crippen LogP) is -2.06. The van der Waals surface area contributed by atoms with Crippen molar-refractivity contribution in [1.82, 2.24) is 26.2 Å². The van der Waals surface area contributed by atoms with Gasteiger partial charge in [0.15, 0.2) is 0 Å². The van der Waals surface area contributed by atoms with Gasteiger partial charge in [0.2, 0.25) is 23.6 Å². The Morgan fingerprint density at radius 3 is 1.74 bits per heavy atom. The Labute approximate surface area is 200 Å². The highest BCUT2D eigenvalue weighted by atomic mass is 16.5. The van der Waals surface area contributed by atoms with Crippen molar-refractivity contribution in [2.45, 2.75) is 27.2 Å². The van der Waals surface area contributed by atoms with Crippen molar-refractivity contribution in [3.05, 3.63) is 0 Å². The number of ether oxygens (including phenoxy) is 2. The zero-order chi connectivity index (χ0) is 25.8. The van der Waals surface area contributed by atoms with Crippen LogP contribution in [-0.4, -0.2) is 112 Å². The summed E-state index contributed by atoms with van der Waals surface area (Å²) < 4.78 is 10.7. The fourth-order valence-electron chi connectivity index (χ4n) is 2.67. The van der Waals surface area contributed by atoms with E-state index in [1.54, 1.807) is 6.92 Å². The van der Waals surface area contributed by atoms with Crippen molar-refractivity contribution >= 4 is 29.6 Å². The number of carbonyl (C=O) groups excluding carboxylic acids is 4. The number of carboxylic acids is 1. The van der Waals surface area contributed by atoms with Crippen molar-refractivity contribution in [3.8, 4) is 0 Å². The van der Waals surface area contributed by atoms with Crippen LogP contribution in [0.5, 0.6) is 0 Å². The molecule has 196 valence electrons. The normalized spacial score (nSPS) is 11.5. The number of aliphatic carboxylic acids is 1. The first-order valence-corrected chi connectivity index (χ1v) is 11.2. The van der Waals surface area contributed by atoms with Crippen LogP contribution in [0.4, 0.5) is 0 Å². The Balaban J connectivity index is 3.85. The van der Waals surface area contributed by atoms with Gasteiger partial charge in [0.1, 0.15) is 0 Å². The number of hydrogen-bond donors (Lipinski definition) is 5. The van der Waals surface area contributed by atoms with Crippen molar-refractivity contribution in [2.24, 2.45) is 5.92 Å². The maximum absolute atomic E-state index is 12.1. The summed E-state index contributed by atoms with van der Waals surface area (Å²) in [6.45, 7) is 8.06. The number of hydrogen-bond acceptors (Lipinski definition) is 8. The van der Waals surface area contributed by atoms with Crippen LogP contribution in [0.3, 0.4) is 0 Å². The minimum Gasteiger partial charge on any atom is -0.481 e. The third-order valence-corrected chi connectivity index (χ3v) is 4.39. The van der Waals surface area contributed by atoms with Crippen molar-refractivity contribution in [1.29, 1.82) is 0 Å². The van der Waals surface area contributed by atoms with Gasteiger partial charge in [0.25, 0.3) is 0 Å². The summed E-state index contributed by atoms with van der Waals surface area (Å²) in [5, 5.41) is 19.4. The van der Waals surface area contributed by atoms with Gasteiger partial charge in [-0.25, -0.2) is 0 Å². The molecule has 0 unspecified atom stereocenters. The fraction of sp³-hybridized carbons (Fsp3) is 0.762. The lowest BCUT2D eigenvalue weighted by Gasteiger charge is -2.22. The third kappa shape index (κ3) is 19.9. The Morgan fingerprint density at radius 2 is 1.26 bits per heavy atom. The van der Waals surface area contributed by atoms with Gasteiger partial charge in [-0.3, -0.25) is 28.9 Å². The van der Waals surface area contributed by atoms with Gasteiger partial charge >= 0.3 is 5.97 Å². The van der Waals surface area contributed by atoms with Crippen LogP contribution in [0.2, 0.25) is 0 Å². The topological polar surface area (TPSA) is 175 Å². The molecule has 13 heteroatoms. The van der Waals surface area contributed by atoms with E-state index in [1.807, 2.05) is 4.90 Å². The fourth-order valence-corrected chi connectivity index (χ4v) is 2.67. The number of carboxylic acid groups (broad SMARTS) is 1. The largest absolute Gasteiger partial charge is 0.481 e. The number of carbonyl (C=O) groups is 5. The van der Waals surface area contributed by atoms with E-state index in [-0.39, 0.29) is 49.7 Å². The summed E-state index contributed by atoms with van der Waals surface area (Å²) >= 11 is 0. The molecule has 0 aliphatic carbocycles. The first-order chi connectivity index (χ1) is 16.1. The van der Waals surface area contributed by atoms with E-state index in [4.69, 9.17) is 14.6 Å². The Bertz CT molecular complexity index is 627. The highest BCUT2D eigenvalue weighted by Crippen LogP contribution is 2.00. The molecule has 0 bridgehead atoms. The lowest BCUT2D eigenvalue weighted by Crippen LogP contribution is -2.44. The number of amides is 4. The van der Waals surface area contributed by atoms with Crippen LogP contribution < -0.4 is 21.3 Å². The average Bonchev–Trinajstić information content (AvgIpc) is 2.73. The molecular formula is C21H39N5O8. The van der Waals surface area contributed by atoms with Crippen molar-refractivity contribution < 1.29 is 38.6 Å². The van der Waals surface area contributed by atoms with Crippen LogP contribution >= 0.6 is 0 Å². The molecule has 0 fully saturated rings. The molecule has 0 rings (SSSR count). The second kappa shape index (κ2) is 19.7. The smallest absolute Gasteiger partial charge is 0.304 e. The molecule has 34 heavy (non-hydrogen) atoms. The number of nitrogens with zero attached hydrogens (tertiary/aromatic N) is 1. The summed E-state index contributed by atoms with van der Waals surface area (Å²) in [6, 6.07) is 0. The van der Waals surface area contributed by atoms with Crippen LogP contribution in [-0.2, 0) is 33.4 Å². The quantitative estimate of drug-likeness (QED) is 0.120. The van der Waals surface area contributed by atoms with E-state index in [1.165, 1.54) is 13.8 Å². The van der Waals surface area contributed by atoms with Crippen LogP contribution in [0.25, 0.3) is 0 Å². The Kier molecular flexibility index (Phi) is 18.1. The molecule has 1 atom stereocenters. The second-order valence-corrected chi connectivity index (χ2v) is 7.61. The lowest BCUT2D eigenvalue weighted by atomic mass is 10.1. The first-order valence-electron chi connectivity index (χ1n) is 11.2. The molecule has 0 aromatic carbocycles. The van der Waals surface area contributed by atoms with Crippen molar-refractivity contribution in [2.75, 3.05) is 72.2 Å². The van der Waals surface area contributed by atoms with Gasteiger partial charge in [0, 0.05) is 59.0 Å². The Hall–Kier alpha value is -2.77. The number of rotatable bonds is 20. The molecule has 0 saturated heterocycles. The van der Waals surface area contributed by atoms with E-state index >= 15 is 0 Å². The lowest BCUT2D eigenvalue weighted by molar-refractivity contribution is -0.140. The summed E-state index contributed by atoms with van der Waals surface area (Å²) in [5.41, 5.74) is 0. The van der Waals surface area contributed by atoms with E-state index in [0.717, 1.165) is 0 Å². The molecule has 4 amide bonds. The van der Waals surface area contributed by atoms with Crippen LogP contribution in [0.1, 0.15) is 27.2 Å². The molecule has 13 nitrogen and oxygen atoms in total. The standard InChI is InChI=1S/C21H39N5O8/c1-16(14-20(30)31)21(32)25-7-11-34-13-12-33-10-6-24-19(29)15-26(8-4-22-17(2)27)9-5-23-18(3)28/h16H,4-15H2,1-3H3,(H,22,27)(H,23,28)(H,24,29)(H,25,32)(H,30,31)/t16-/m0/s1.